The van der Waals surface area contributed by atoms with E-state index in [1.54, 1.807) is 30.3 Å². The molecule has 0 aliphatic carbocycles. The molecule has 1 N–H and O–H groups in total. The third kappa shape index (κ3) is 4.51. The minimum Gasteiger partial charge on any atom is -0.493 e. The van der Waals surface area contributed by atoms with E-state index in [0.717, 1.165) is 12.8 Å². The van der Waals surface area contributed by atoms with E-state index in [4.69, 9.17) is 4.74 Å². The monoisotopic (exact) mass is 452 g/mol. The summed E-state index contributed by atoms with van der Waals surface area (Å²) >= 11 is 3.39. The summed E-state index contributed by atoms with van der Waals surface area (Å²) in [6.07, 6.45) is 1.79. The Morgan fingerprint density at radius 1 is 1.15 bits per heavy atom. The van der Waals surface area contributed by atoms with Crippen molar-refractivity contribution in [3.8, 4) is 5.75 Å². The lowest BCUT2D eigenvalue weighted by Crippen LogP contribution is -2.27. The molecular weight excluding hydrogens is 432 g/mol. The van der Waals surface area contributed by atoms with Crippen molar-refractivity contribution in [2.45, 2.75) is 24.7 Å². The van der Waals surface area contributed by atoms with Crippen LogP contribution in [0.5, 0.6) is 5.75 Å². The number of benzene rings is 2. The number of amides is 1. The smallest absolute Gasteiger partial charge is 0.255 e. The van der Waals surface area contributed by atoms with Gasteiger partial charge in [0, 0.05) is 24.3 Å². The van der Waals surface area contributed by atoms with Crippen LogP contribution in [-0.2, 0) is 10.0 Å². The number of sulfonamides is 1. The Kier molecular flexibility index (Phi) is 6.18. The number of nitrogens with one attached hydrogen (secondary N) is 1. The molecule has 0 unspecified atom stereocenters. The van der Waals surface area contributed by atoms with Crippen LogP contribution in [0, 0.1) is 0 Å². The molecule has 1 aliphatic rings. The van der Waals surface area contributed by atoms with E-state index in [9.17, 15) is 13.2 Å². The van der Waals surface area contributed by atoms with Crippen molar-refractivity contribution in [1.82, 2.24) is 4.31 Å². The quantitative estimate of drug-likeness (QED) is 0.721. The zero-order valence-electron chi connectivity index (χ0n) is 14.9. The Balaban J connectivity index is 1.71. The summed E-state index contributed by atoms with van der Waals surface area (Å²) in [6.45, 7) is 3.55. The van der Waals surface area contributed by atoms with Gasteiger partial charge in [-0.3, -0.25) is 4.79 Å². The van der Waals surface area contributed by atoms with Gasteiger partial charge in [0.25, 0.3) is 5.91 Å². The van der Waals surface area contributed by atoms with Crippen molar-refractivity contribution in [3.05, 3.63) is 52.5 Å². The van der Waals surface area contributed by atoms with E-state index in [1.165, 1.54) is 16.4 Å². The SMILES string of the molecule is CCOc1ccc(C(=O)Nc2ccc(S(=O)(=O)N3CCCC3)cc2)cc1Br. The molecule has 0 aromatic heterocycles. The van der Waals surface area contributed by atoms with E-state index in [1.807, 2.05) is 6.92 Å². The Morgan fingerprint density at radius 3 is 2.41 bits per heavy atom. The van der Waals surface area contributed by atoms with E-state index < -0.39 is 10.0 Å². The van der Waals surface area contributed by atoms with Crippen LogP contribution in [0.25, 0.3) is 0 Å². The van der Waals surface area contributed by atoms with E-state index >= 15 is 0 Å². The molecule has 0 bridgehead atoms. The third-order valence-corrected chi connectivity index (χ3v) is 6.84. The number of hydrogen-bond donors (Lipinski definition) is 1. The van der Waals surface area contributed by atoms with Crippen molar-refractivity contribution in [2.75, 3.05) is 25.0 Å². The first kappa shape index (κ1) is 19.9. The first-order chi connectivity index (χ1) is 12.9. The molecule has 1 aliphatic heterocycles. The summed E-state index contributed by atoms with van der Waals surface area (Å²) in [7, 11) is -3.45. The van der Waals surface area contributed by atoms with Crippen LogP contribution in [0.15, 0.2) is 51.8 Å². The van der Waals surface area contributed by atoms with Gasteiger partial charge >= 0.3 is 0 Å². The van der Waals surface area contributed by atoms with Gasteiger partial charge in [0.05, 0.1) is 16.0 Å². The summed E-state index contributed by atoms with van der Waals surface area (Å²) < 4.78 is 32.7. The van der Waals surface area contributed by atoms with Crippen LogP contribution < -0.4 is 10.1 Å². The first-order valence-corrected chi connectivity index (χ1v) is 11.0. The van der Waals surface area contributed by atoms with Gasteiger partial charge in [-0.15, -0.1) is 0 Å². The second kappa shape index (κ2) is 8.41. The summed E-state index contributed by atoms with van der Waals surface area (Å²) in [5, 5.41) is 2.78. The number of halogens is 1. The number of carbonyl (C=O) groups is 1. The highest BCUT2D eigenvalue weighted by molar-refractivity contribution is 9.10. The Bertz CT molecular complexity index is 923. The molecule has 0 spiro atoms. The normalized spacial score (nSPS) is 14.9. The summed E-state index contributed by atoms with van der Waals surface area (Å²) in [5.74, 6) is 0.388. The van der Waals surface area contributed by atoms with Crippen molar-refractivity contribution in [3.63, 3.8) is 0 Å². The number of anilines is 1. The van der Waals surface area contributed by atoms with E-state index in [0.29, 0.717) is 41.2 Å². The van der Waals surface area contributed by atoms with Crippen LogP contribution >= 0.6 is 15.9 Å². The van der Waals surface area contributed by atoms with Crippen molar-refractivity contribution in [2.24, 2.45) is 0 Å². The molecule has 8 heteroatoms. The number of ether oxygens (including phenoxy) is 1. The third-order valence-electron chi connectivity index (χ3n) is 4.31. The predicted molar refractivity (Wildman–Crippen MR) is 108 cm³/mol. The van der Waals surface area contributed by atoms with Crippen molar-refractivity contribution >= 4 is 37.5 Å². The predicted octanol–water partition coefficient (Wildman–Crippen LogP) is 3.88. The van der Waals surface area contributed by atoms with Gasteiger partial charge in [-0.25, -0.2) is 8.42 Å². The van der Waals surface area contributed by atoms with Crippen LogP contribution in [-0.4, -0.2) is 38.3 Å². The van der Waals surface area contributed by atoms with Crippen LogP contribution in [0.3, 0.4) is 0 Å². The van der Waals surface area contributed by atoms with Gasteiger partial charge < -0.3 is 10.1 Å². The highest BCUT2D eigenvalue weighted by Crippen LogP contribution is 2.27. The number of rotatable bonds is 6. The van der Waals surface area contributed by atoms with Gasteiger partial charge in [0.15, 0.2) is 0 Å². The van der Waals surface area contributed by atoms with Crippen LogP contribution in [0.1, 0.15) is 30.1 Å². The average molecular weight is 453 g/mol. The maximum Gasteiger partial charge on any atom is 0.255 e. The Labute approximate surface area is 167 Å². The molecule has 1 fully saturated rings. The lowest BCUT2D eigenvalue weighted by atomic mass is 10.2. The topological polar surface area (TPSA) is 75.7 Å². The maximum atomic E-state index is 12.5. The number of carbonyl (C=O) groups excluding carboxylic acids is 1. The summed E-state index contributed by atoms with van der Waals surface area (Å²) in [6, 6.07) is 11.3. The van der Waals surface area contributed by atoms with E-state index in [-0.39, 0.29) is 10.8 Å². The molecule has 2 aromatic carbocycles. The molecule has 0 saturated carbocycles. The Hall–Kier alpha value is -1.90. The standard InChI is InChI=1S/C19H21BrN2O4S/c1-2-26-18-10-5-14(13-17(18)20)19(23)21-15-6-8-16(9-7-15)27(24,25)22-11-3-4-12-22/h5-10,13H,2-4,11-12H2,1H3,(H,21,23). The molecular formula is C19H21BrN2O4S. The molecule has 27 heavy (non-hydrogen) atoms. The van der Waals surface area contributed by atoms with Crippen LogP contribution in [0.4, 0.5) is 5.69 Å². The summed E-state index contributed by atoms with van der Waals surface area (Å²) in [5.41, 5.74) is 1.00. The zero-order chi connectivity index (χ0) is 19.4. The zero-order valence-corrected chi connectivity index (χ0v) is 17.3. The lowest BCUT2D eigenvalue weighted by molar-refractivity contribution is 0.102. The summed E-state index contributed by atoms with van der Waals surface area (Å²) in [4.78, 5) is 12.7. The molecule has 2 aromatic rings. The minimum atomic E-state index is -3.45. The molecule has 0 atom stereocenters. The molecule has 1 amide bonds. The second-order valence-electron chi connectivity index (χ2n) is 6.17. The Morgan fingerprint density at radius 2 is 1.81 bits per heavy atom. The fourth-order valence-corrected chi connectivity index (χ4v) is 4.92. The molecule has 3 rings (SSSR count). The average Bonchev–Trinajstić information content (AvgIpc) is 3.19. The van der Waals surface area contributed by atoms with Gasteiger partial charge in [-0.05, 0) is 78.2 Å². The largest absolute Gasteiger partial charge is 0.493 e. The highest BCUT2D eigenvalue weighted by atomic mass is 79.9. The fourth-order valence-electron chi connectivity index (χ4n) is 2.91. The van der Waals surface area contributed by atoms with E-state index in [2.05, 4.69) is 21.2 Å². The van der Waals surface area contributed by atoms with Gasteiger partial charge in [0.2, 0.25) is 10.0 Å². The highest BCUT2D eigenvalue weighted by Gasteiger charge is 2.26. The molecule has 0 radical (unpaired) electrons. The van der Waals surface area contributed by atoms with Crippen LogP contribution in [0.2, 0.25) is 0 Å². The number of nitrogens with zero attached hydrogens (tertiary/aromatic N) is 1. The van der Waals surface area contributed by atoms with Gasteiger partial charge in [-0.2, -0.15) is 4.31 Å². The maximum absolute atomic E-state index is 12.5. The molecule has 1 heterocycles. The molecule has 1 saturated heterocycles. The minimum absolute atomic E-state index is 0.242. The number of hydrogen-bond acceptors (Lipinski definition) is 4. The van der Waals surface area contributed by atoms with Gasteiger partial charge in [0.1, 0.15) is 5.75 Å². The fraction of sp³-hybridized carbons (Fsp3) is 0.316. The second-order valence-corrected chi connectivity index (χ2v) is 8.96. The van der Waals surface area contributed by atoms with Gasteiger partial charge in [-0.1, -0.05) is 0 Å². The van der Waals surface area contributed by atoms with Crippen molar-refractivity contribution in [1.29, 1.82) is 0 Å². The molecule has 144 valence electrons. The first-order valence-electron chi connectivity index (χ1n) is 8.75. The van der Waals surface area contributed by atoms with Crippen molar-refractivity contribution < 1.29 is 17.9 Å². The molecule has 6 nitrogen and oxygen atoms in total. The lowest BCUT2D eigenvalue weighted by Gasteiger charge is -2.15.